The molecular weight excluding hydrogens is 335 g/mol. The maximum absolute atomic E-state index is 13.4. The number of hydrogen-bond donors (Lipinski definition) is 0. The summed E-state index contributed by atoms with van der Waals surface area (Å²) in [5.41, 5.74) is 3.57. The van der Waals surface area contributed by atoms with Crippen molar-refractivity contribution in [3.8, 4) is 0 Å². The molecule has 4 aromatic rings. The molecule has 27 heavy (non-hydrogen) atoms. The van der Waals surface area contributed by atoms with Gasteiger partial charge in [-0.3, -0.25) is 9.97 Å². The summed E-state index contributed by atoms with van der Waals surface area (Å²) < 4.78 is 13.4. The van der Waals surface area contributed by atoms with Crippen molar-refractivity contribution in [2.45, 2.75) is 39.5 Å². The van der Waals surface area contributed by atoms with Crippen LogP contribution in [-0.2, 0) is 0 Å². The van der Waals surface area contributed by atoms with Crippen molar-refractivity contribution in [1.82, 2.24) is 9.97 Å². The van der Waals surface area contributed by atoms with Gasteiger partial charge in [-0.05, 0) is 46.5 Å². The third-order valence-corrected chi connectivity index (χ3v) is 4.70. The first-order valence-corrected chi connectivity index (χ1v) is 9.34. The van der Waals surface area contributed by atoms with E-state index in [1.807, 2.05) is 24.5 Å². The number of aromatic nitrogens is 2. The highest BCUT2D eigenvalue weighted by molar-refractivity contribution is 5.85. The molecule has 2 aromatic heterocycles. The van der Waals surface area contributed by atoms with E-state index in [2.05, 4.69) is 61.9 Å². The van der Waals surface area contributed by atoms with Crippen molar-refractivity contribution >= 4 is 21.7 Å². The molecule has 2 nitrogen and oxygen atoms in total. The van der Waals surface area contributed by atoms with E-state index in [4.69, 9.17) is 0 Å². The van der Waals surface area contributed by atoms with Gasteiger partial charge in [-0.15, -0.1) is 0 Å². The fourth-order valence-electron chi connectivity index (χ4n) is 3.27. The minimum atomic E-state index is -0.197. The van der Waals surface area contributed by atoms with E-state index >= 15 is 0 Å². The van der Waals surface area contributed by atoms with Crippen molar-refractivity contribution < 1.29 is 4.39 Å². The minimum Gasteiger partial charge on any atom is -0.264 e. The quantitative estimate of drug-likeness (QED) is 0.390. The first-order valence-electron chi connectivity index (χ1n) is 9.34. The lowest BCUT2D eigenvalue weighted by Gasteiger charge is -2.08. The van der Waals surface area contributed by atoms with Gasteiger partial charge >= 0.3 is 0 Å². The Morgan fingerprint density at radius 1 is 0.704 bits per heavy atom. The summed E-state index contributed by atoms with van der Waals surface area (Å²) in [4.78, 5) is 8.38. The van der Waals surface area contributed by atoms with Gasteiger partial charge in [0.2, 0.25) is 0 Å². The normalized spacial score (nSPS) is 11.1. The van der Waals surface area contributed by atoms with E-state index in [1.165, 1.54) is 17.0 Å². The topological polar surface area (TPSA) is 25.8 Å². The highest BCUT2D eigenvalue weighted by Gasteiger charge is 2.07. The van der Waals surface area contributed by atoms with Gasteiger partial charge in [0.15, 0.2) is 0 Å². The van der Waals surface area contributed by atoms with Gasteiger partial charge in [0.05, 0.1) is 5.52 Å². The molecule has 2 heterocycles. The average molecular weight is 360 g/mol. The van der Waals surface area contributed by atoms with Gasteiger partial charge in [-0.25, -0.2) is 4.39 Å². The lowest BCUT2D eigenvalue weighted by atomic mass is 9.98. The van der Waals surface area contributed by atoms with Crippen molar-refractivity contribution in [3.63, 3.8) is 0 Å². The zero-order valence-corrected chi connectivity index (χ0v) is 16.3. The fourth-order valence-corrected chi connectivity index (χ4v) is 3.27. The zero-order valence-electron chi connectivity index (χ0n) is 16.3. The molecule has 0 bridgehead atoms. The van der Waals surface area contributed by atoms with Crippen LogP contribution in [0.4, 0.5) is 4.39 Å². The standard InChI is InChI=1S/C12H12FN.C12H13N/c1-8(2)10-6-14-7-11-9(10)4-3-5-12(11)13;1-9(2)10-5-3-7-12-11(10)6-4-8-13-12/h3-8H,1-2H3;3-9H,1-2H3. The van der Waals surface area contributed by atoms with Crippen molar-refractivity contribution in [2.24, 2.45) is 0 Å². The van der Waals surface area contributed by atoms with E-state index in [0.29, 0.717) is 17.2 Å². The summed E-state index contributed by atoms with van der Waals surface area (Å²) in [5, 5.41) is 2.86. The van der Waals surface area contributed by atoms with Crippen LogP contribution >= 0.6 is 0 Å². The first-order chi connectivity index (χ1) is 13.0. The molecule has 0 saturated heterocycles. The fraction of sp³-hybridized carbons (Fsp3) is 0.250. The zero-order chi connectivity index (χ0) is 19.4. The molecule has 0 aliphatic heterocycles. The van der Waals surface area contributed by atoms with Crippen molar-refractivity contribution in [2.75, 3.05) is 0 Å². The van der Waals surface area contributed by atoms with Gasteiger partial charge < -0.3 is 0 Å². The van der Waals surface area contributed by atoms with E-state index < -0.39 is 0 Å². The Bertz CT molecular complexity index is 1050. The Balaban J connectivity index is 0.000000156. The summed E-state index contributed by atoms with van der Waals surface area (Å²) >= 11 is 0. The smallest absolute Gasteiger partial charge is 0.132 e. The van der Waals surface area contributed by atoms with Gasteiger partial charge in [0, 0.05) is 29.4 Å². The van der Waals surface area contributed by atoms with Gasteiger partial charge in [0.1, 0.15) is 5.82 Å². The van der Waals surface area contributed by atoms with Crippen LogP contribution in [-0.4, -0.2) is 9.97 Å². The molecular formula is C24H25FN2. The maximum Gasteiger partial charge on any atom is 0.132 e. The van der Waals surface area contributed by atoms with Crippen LogP contribution in [0, 0.1) is 5.82 Å². The van der Waals surface area contributed by atoms with Crippen LogP contribution in [0.15, 0.2) is 67.1 Å². The Morgan fingerprint density at radius 2 is 1.41 bits per heavy atom. The summed E-state index contributed by atoms with van der Waals surface area (Å²) in [6, 6.07) is 15.6. The summed E-state index contributed by atoms with van der Waals surface area (Å²) in [6.45, 7) is 8.59. The largest absolute Gasteiger partial charge is 0.264 e. The summed E-state index contributed by atoms with van der Waals surface area (Å²) in [5.74, 6) is 0.735. The Hall–Kier alpha value is -2.81. The first kappa shape index (κ1) is 19.0. The second kappa shape index (κ2) is 8.26. The molecule has 0 aliphatic rings. The number of pyridine rings is 2. The molecule has 0 fully saturated rings. The van der Waals surface area contributed by atoms with Crippen molar-refractivity contribution in [3.05, 3.63) is 84.1 Å². The molecule has 2 aromatic carbocycles. The second-order valence-corrected chi connectivity index (χ2v) is 7.29. The van der Waals surface area contributed by atoms with Crippen LogP contribution < -0.4 is 0 Å². The molecule has 0 amide bonds. The van der Waals surface area contributed by atoms with Crippen LogP contribution in [0.1, 0.15) is 50.7 Å². The lowest BCUT2D eigenvalue weighted by molar-refractivity contribution is 0.639. The molecule has 0 N–H and O–H groups in total. The maximum atomic E-state index is 13.4. The predicted molar refractivity (Wildman–Crippen MR) is 112 cm³/mol. The summed E-state index contributed by atoms with van der Waals surface area (Å²) in [7, 11) is 0. The number of halogens is 1. The minimum absolute atomic E-state index is 0.197. The molecule has 3 heteroatoms. The average Bonchev–Trinajstić information content (AvgIpc) is 2.68. The monoisotopic (exact) mass is 360 g/mol. The second-order valence-electron chi connectivity index (χ2n) is 7.29. The SMILES string of the molecule is CC(C)c1cccc2ncccc12.CC(C)c1cncc2c(F)cccc12. The van der Waals surface area contributed by atoms with E-state index in [9.17, 15) is 4.39 Å². The molecule has 4 rings (SSSR count). The van der Waals surface area contributed by atoms with Crippen LogP contribution in [0.2, 0.25) is 0 Å². The van der Waals surface area contributed by atoms with Gasteiger partial charge in [0.25, 0.3) is 0 Å². The van der Waals surface area contributed by atoms with E-state index in [1.54, 1.807) is 12.3 Å². The number of benzene rings is 2. The highest BCUT2D eigenvalue weighted by atomic mass is 19.1. The Labute approximate surface area is 160 Å². The van der Waals surface area contributed by atoms with Crippen LogP contribution in [0.25, 0.3) is 21.7 Å². The number of rotatable bonds is 2. The Kier molecular flexibility index (Phi) is 5.80. The van der Waals surface area contributed by atoms with Gasteiger partial charge in [-0.2, -0.15) is 0 Å². The molecule has 0 spiro atoms. The molecule has 0 radical (unpaired) electrons. The predicted octanol–water partition coefficient (Wildman–Crippen LogP) is 6.86. The molecule has 138 valence electrons. The number of fused-ring (bicyclic) bond motifs is 2. The third-order valence-electron chi connectivity index (χ3n) is 4.70. The molecule has 0 atom stereocenters. The lowest BCUT2D eigenvalue weighted by Crippen LogP contribution is -1.92. The summed E-state index contributed by atoms with van der Waals surface area (Å²) in [6.07, 6.45) is 5.23. The Morgan fingerprint density at radius 3 is 2.15 bits per heavy atom. The highest BCUT2D eigenvalue weighted by Crippen LogP contribution is 2.25. The van der Waals surface area contributed by atoms with Crippen LogP contribution in [0.3, 0.4) is 0 Å². The molecule has 0 saturated carbocycles. The van der Waals surface area contributed by atoms with Crippen molar-refractivity contribution in [1.29, 1.82) is 0 Å². The van der Waals surface area contributed by atoms with Crippen LogP contribution in [0.5, 0.6) is 0 Å². The van der Waals surface area contributed by atoms with Gasteiger partial charge in [-0.1, -0.05) is 58.0 Å². The molecule has 0 aliphatic carbocycles. The number of nitrogens with zero attached hydrogens (tertiary/aromatic N) is 2. The van der Waals surface area contributed by atoms with E-state index in [0.717, 1.165) is 16.5 Å². The van der Waals surface area contributed by atoms with E-state index in [-0.39, 0.29) is 5.82 Å². The molecule has 0 unspecified atom stereocenters. The number of hydrogen-bond acceptors (Lipinski definition) is 2. The third kappa shape index (κ3) is 4.13.